The third-order valence-corrected chi connectivity index (χ3v) is 5.53. The van der Waals surface area contributed by atoms with Gasteiger partial charge in [-0.15, -0.1) is 0 Å². The van der Waals surface area contributed by atoms with E-state index in [2.05, 4.69) is 46.4 Å². The monoisotopic (exact) mass is 517 g/mol. The largest absolute Gasteiger partial charge is 0.394 e. The van der Waals surface area contributed by atoms with Gasteiger partial charge in [0.05, 0.1) is 40.8 Å². The summed E-state index contributed by atoms with van der Waals surface area (Å²) in [6, 6.07) is 12.6. The van der Waals surface area contributed by atoms with Gasteiger partial charge in [-0.2, -0.15) is 10.1 Å². The second-order valence-electron chi connectivity index (χ2n) is 6.95. The van der Waals surface area contributed by atoms with Crippen molar-refractivity contribution in [1.82, 2.24) is 19.7 Å². The van der Waals surface area contributed by atoms with Crippen molar-refractivity contribution in [2.24, 2.45) is 0 Å². The van der Waals surface area contributed by atoms with Gasteiger partial charge in [0, 0.05) is 23.5 Å². The molecule has 0 fully saturated rings. The molecule has 0 aliphatic carbocycles. The Kier molecular flexibility index (Phi) is 6.26. The maximum Gasteiger partial charge on any atom is 0.229 e. The molecule has 0 aliphatic rings. The van der Waals surface area contributed by atoms with Crippen molar-refractivity contribution >= 4 is 65.7 Å². The van der Waals surface area contributed by atoms with E-state index >= 15 is 0 Å². The van der Waals surface area contributed by atoms with Gasteiger partial charge in [0.15, 0.2) is 0 Å². The second-order valence-corrected chi connectivity index (χ2v) is 9.55. The normalized spacial score (nSPS) is 11.5. The maximum atomic E-state index is 11.7. The molecule has 2 aromatic carbocycles. The number of hydrogen-bond donors (Lipinski definition) is 4. The van der Waals surface area contributed by atoms with Crippen LogP contribution < -0.4 is 15.4 Å². The highest BCUT2D eigenvalue weighted by molar-refractivity contribution is 9.10. The zero-order valence-corrected chi connectivity index (χ0v) is 19.4. The molecule has 2 aromatic heterocycles. The summed E-state index contributed by atoms with van der Waals surface area (Å²) >= 11 is 3.42. The predicted molar refractivity (Wildman–Crippen MR) is 128 cm³/mol. The number of aromatic nitrogens is 4. The first-order valence-electron chi connectivity index (χ1n) is 9.52. The quantitative estimate of drug-likeness (QED) is 0.279. The molecule has 32 heavy (non-hydrogen) atoms. The fourth-order valence-electron chi connectivity index (χ4n) is 3.01. The summed E-state index contributed by atoms with van der Waals surface area (Å²) in [5, 5.41) is 20.8. The van der Waals surface area contributed by atoms with E-state index in [1.54, 1.807) is 35.1 Å². The number of sulfonamides is 1. The Balaban J connectivity index is 1.58. The molecule has 166 valence electrons. The van der Waals surface area contributed by atoms with E-state index in [4.69, 9.17) is 5.11 Å². The summed E-state index contributed by atoms with van der Waals surface area (Å²) in [5.41, 5.74) is 2.47. The minimum Gasteiger partial charge on any atom is -0.394 e. The van der Waals surface area contributed by atoms with Crippen LogP contribution in [0.2, 0.25) is 0 Å². The molecule has 0 saturated heterocycles. The Labute approximate surface area is 192 Å². The molecular weight excluding hydrogens is 498 g/mol. The smallest absolute Gasteiger partial charge is 0.229 e. The molecule has 10 nitrogen and oxygen atoms in total. The van der Waals surface area contributed by atoms with Crippen molar-refractivity contribution < 1.29 is 13.5 Å². The Morgan fingerprint density at radius 3 is 2.66 bits per heavy atom. The number of rotatable bonds is 8. The van der Waals surface area contributed by atoms with Gasteiger partial charge in [-0.25, -0.2) is 13.4 Å². The highest BCUT2D eigenvalue weighted by Gasteiger charge is 2.11. The first kappa shape index (κ1) is 22.0. The molecule has 0 radical (unpaired) electrons. The molecule has 4 N–H and O–H groups in total. The summed E-state index contributed by atoms with van der Waals surface area (Å²) in [4.78, 5) is 8.79. The number of halogens is 1. The van der Waals surface area contributed by atoms with E-state index in [9.17, 15) is 8.42 Å². The molecule has 4 aromatic rings. The van der Waals surface area contributed by atoms with E-state index in [0.29, 0.717) is 34.2 Å². The van der Waals surface area contributed by atoms with Crippen molar-refractivity contribution in [2.45, 2.75) is 6.54 Å². The second kappa shape index (κ2) is 9.10. The van der Waals surface area contributed by atoms with E-state index in [-0.39, 0.29) is 6.61 Å². The number of nitrogens with one attached hydrogen (secondary N) is 3. The fourth-order valence-corrected chi connectivity index (χ4v) is 3.88. The van der Waals surface area contributed by atoms with Crippen molar-refractivity contribution in [2.75, 3.05) is 28.2 Å². The topological polar surface area (TPSA) is 134 Å². The lowest BCUT2D eigenvalue weighted by atomic mass is 10.2. The third-order valence-electron chi connectivity index (χ3n) is 4.36. The first-order chi connectivity index (χ1) is 15.3. The molecule has 0 bridgehead atoms. The van der Waals surface area contributed by atoms with Crippen LogP contribution in [-0.4, -0.2) is 46.1 Å². The molecule has 0 atom stereocenters. The summed E-state index contributed by atoms with van der Waals surface area (Å²) in [6.45, 7) is 0.447. The molecule has 0 saturated carbocycles. The number of aliphatic hydroxyl groups excluding tert-OH is 1. The van der Waals surface area contributed by atoms with Gasteiger partial charge in [0.1, 0.15) is 5.82 Å². The molecule has 0 spiro atoms. The fraction of sp³-hybridized carbons (Fsp3) is 0.150. The van der Waals surface area contributed by atoms with Crippen LogP contribution in [0.25, 0.3) is 10.9 Å². The Morgan fingerprint density at radius 2 is 1.91 bits per heavy atom. The van der Waals surface area contributed by atoms with Crippen LogP contribution in [0.15, 0.2) is 59.3 Å². The van der Waals surface area contributed by atoms with Crippen LogP contribution in [0.5, 0.6) is 0 Å². The minimum absolute atomic E-state index is 0.0183. The van der Waals surface area contributed by atoms with Crippen LogP contribution in [0.3, 0.4) is 0 Å². The van der Waals surface area contributed by atoms with E-state index < -0.39 is 10.0 Å². The van der Waals surface area contributed by atoms with E-state index in [1.165, 1.54) is 0 Å². The van der Waals surface area contributed by atoms with Crippen LogP contribution in [0.4, 0.5) is 28.8 Å². The number of aliphatic hydroxyl groups is 1. The van der Waals surface area contributed by atoms with Crippen molar-refractivity contribution in [3.8, 4) is 0 Å². The van der Waals surface area contributed by atoms with Gasteiger partial charge in [-0.1, -0.05) is 12.1 Å². The number of nitrogens with zero attached hydrogens (tertiary/aromatic N) is 4. The molecule has 0 amide bonds. The first-order valence-corrected chi connectivity index (χ1v) is 12.2. The predicted octanol–water partition coefficient (Wildman–Crippen LogP) is 3.44. The third kappa shape index (κ3) is 5.33. The van der Waals surface area contributed by atoms with Crippen LogP contribution in [0, 0.1) is 0 Å². The Morgan fingerprint density at radius 1 is 1.12 bits per heavy atom. The number of benzene rings is 2. The molecule has 4 rings (SSSR count). The minimum atomic E-state index is -3.44. The van der Waals surface area contributed by atoms with Gasteiger partial charge in [-0.3, -0.25) is 9.40 Å². The van der Waals surface area contributed by atoms with Crippen LogP contribution in [0.1, 0.15) is 0 Å². The summed E-state index contributed by atoms with van der Waals surface area (Å²) in [7, 11) is -3.44. The van der Waals surface area contributed by atoms with Gasteiger partial charge >= 0.3 is 0 Å². The number of hydrogen-bond acceptors (Lipinski definition) is 8. The molecular formula is C20H20BrN7O3S. The lowest BCUT2D eigenvalue weighted by Gasteiger charge is -2.14. The van der Waals surface area contributed by atoms with E-state index in [0.717, 1.165) is 22.8 Å². The van der Waals surface area contributed by atoms with Crippen LogP contribution >= 0.6 is 15.9 Å². The highest BCUT2D eigenvalue weighted by Crippen LogP contribution is 2.30. The summed E-state index contributed by atoms with van der Waals surface area (Å²) < 4.78 is 28.1. The van der Waals surface area contributed by atoms with Gasteiger partial charge < -0.3 is 15.7 Å². The molecule has 0 unspecified atom stereocenters. The Hall–Kier alpha value is -3.22. The number of anilines is 5. The Bertz CT molecular complexity index is 1370. The SMILES string of the molecule is CS(=O)(=O)Nc1ccccc1Nc1nc(Nc2ccc3cn(CCO)nc3c2)ncc1Br. The number of para-hydroxylation sites is 2. The van der Waals surface area contributed by atoms with Gasteiger partial charge in [-0.05, 0) is 46.3 Å². The average molecular weight is 518 g/mol. The standard InChI is InChI=1S/C20H20BrN7O3S/c1-32(30,31)27-17-5-3-2-4-16(17)24-19-15(21)11-22-20(25-19)23-14-7-6-13-12-28(8-9-29)26-18(13)10-14/h2-7,10-12,27,29H,8-9H2,1H3,(H2,22,23,24,25). The lowest BCUT2D eigenvalue weighted by molar-refractivity contribution is 0.270. The van der Waals surface area contributed by atoms with Crippen molar-refractivity contribution in [1.29, 1.82) is 0 Å². The van der Waals surface area contributed by atoms with Crippen molar-refractivity contribution in [3.05, 3.63) is 59.3 Å². The van der Waals surface area contributed by atoms with Gasteiger partial charge in [0.2, 0.25) is 16.0 Å². The highest BCUT2D eigenvalue weighted by atomic mass is 79.9. The molecule has 12 heteroatoms. The average Bonchev–Trinajstić information content (AvgIpc) is 3.13. The zero-order valence-electron chi connectivity index (χ0n) is 16.9. The molecule has 2 heterocycles. The van der Waals surface area contributed by atoms with E-state index in [1.807, 2.05) is 24.4 Å². The summed E-state index contributed by atoms with van der Waals surface area (Å²) in [6.07, 6.45) is 4.56. The zero-order chi connectivity index (χ0) is 22.7. The van der Waals surface area contributed by atoms with Gasteiger partial charge in [0.25, 0.3) is 0 Å². The maximum absolute atomic E-state index is 11.7. The van der Waals surface area contributed by atoms with Crippen LogP contribution in [-0.2, 0) is 16.6 Å². The lowest BCUT2D eigenvalue weighted by Crippen LogP contribution is -2.11. The van der Waals surface area contributed by atoms with Crippen molar-refractivity contribution in [3.63, 3.8) is 0 Å². The molecule has 0 aliphatic heterocycles. The summed E-state index contributed by atoms with van der Waals surface area (Å²) in [5.74, 6) is 0.803. The number of fused-ring (bicyclic) bond motifs is 1.